The van der Waals surface area contributed by atoms with Gasteiger partial charge in [0.15, 0.2) is 17.0 Å². The smallest absolute Gasteiger partial charge is 0.227 e. The molecule has 0 radical (unpaired) electrons. The summed E-state index contributed by atoms with van der Waals surface area (Å²) in [6.07, 6.45) is 4.42. The van der Waals surface area contributed by atoms with E-state index in [1.54, 1.807) is 39.2 Å². The summed E-state index contributed by atoms with van der Waals surface area (Å²) < 4.78 is 7.36. The SMILES string of the molecule is CCC(CC)n1cnc2c(NCc3cc(OC)ccc3O)nc(NC(CC)C(C)(C)O)nc21. The molecule has 0 saturated heterocycles. The van der Waals surface area contributed by atoms with Gasteiger partial charge in [-0.1, -0.05) is 20.8 Å². The van der Waals surface area contributed by atoms with E-state index in [9.17, 15) is 10.2 Å². The molecule has 0 aliphatic carbocycles. The number of hydrogen-bond donors (Lipinski definition) is 4. The molecule has 0 aliphatic rings. The fourth-order valence-corrected chi connectivity index (χ4v) is 4.00. The highest BCUT2D eigenvalue weighted by molar-refractivity contribution is 5.84. The van der Waals surface area contributed by atoms with Gasteiger partial charge in [-0.15, -0.1) is 0 Å². The zero-order valence-corrected chi connectivity index (χ0v) is 20.4. The Morgan fingerprint density at radius 2 is 1.85 bits per heavy atom. The third kappa shape index (κ3) is 5.47. The van der Waals surface area contributed by atoms with Gasteiger partial charge in [-0.05, 0) is 51.3 Å². The zero-order valence-electron chi connectivity index (χ0n) is 20.4. The van der Waals surface area contributed by atoms with Crippen molar-refractivity contribution in [1.82, 2.24) is 19.5 Å². The Bertz CT molecular complexity index is 1070. The highest BCUT2D eigenvalue weighted by Crippen LogP contribution is 2.29. The number of methoxy groups -OCH3 is 1. The fraction of sp³-hybridized carbons (Fsp3) is 0.542. The molecule has 3 rings (SSSR count). The van der Waals surface area contributed by atoms with E-state index in [1.807, 2.05) is 13.3 Å². The maximum atomic E-state index is 10.5. The molecule has 9 nitrogen and oxygen atoms in total. The van der Waals surface area contributed by atoms with Crippen LogP contribution in [0.2, 0.25) is 0 Å². The summed E-state index contributed by atoms with van der Waals surface area (Å²) in [5, 5.41) is 27.4. The summed E-state index contributed by atoms with van der Waals surface area (Å²) in [5.74, 6) is 1.80. The minimum Gasteiger partial charge on any atom is -0.508 e. The number of ether oxygens (including phenoxy) is 1. The first-order chi connectivity index (χ1) is 15.7. The minimum atomic E-state index is -0.942. The number of anilines is 2. The lowest BCUT2D eigenvalue weighted by molar-refractivity contribution is 0.0577. The van der Waals surface area contributed by atoms with Crippen LogP contribution in [0.15, 0.2) is 24.5 Å². The molecule has 3 aromatic rings. The van der Waals surface area contributed by atoms with Crippen molar-refractivity contribution in [2.75, 3.05) is 17.7 Å². The Labute approximate surface area is 195 Å². The number of aliphatic hydroxyl groups is 1. The normalized spacial score (nSPS) is 12.8. The second-order valence-electron chi connectivity index (χ2n) is 8.80. The van der Waals surface area contributed by atoms with Gasteiger partial charge in [-0.3, -0.25) is 0 Å². The van der Waals surface area contributed by atoms with Crippen LogP contribution in [0, 0.1) is 0 Å². The van der Waals surface area contributed by atoms with Gasteiger partial charge in [-0.2, -0.15) is 9.97 Å². The second kappa shape index (κ2) is 10.2. The van der Waals surface area contributed by atoms with Crippen molar-refractivity contribution in [1.29, 1.82) is 0 Å². The Morgan fingerprint density at radius 1 is 1.12 bits per heavy atom. The van der Waals surface area contributed by atoms with Crippen molar-refractivity contribution in [3.05, 3.63) is 30.1 Å². The van der Waals surface area contributed by atoms with E-state index in [2.05, 4.69) is 39.0 Å². The van der Waals surface area contributed by atoms with Crippen LogP contribution in [0.4, 0.5) is 11.8 Å². The van der Waals surface area contributed by atoms with Gasteiger partial charge in [0, 0.05) is 18.2 Å². The molecule has 2 heterocycles. The van der Waals surface area contributed by atoms with Gasteiger partial charge in [0.25, 0.3) is 0 Å². The molecule has 2 aromatic heterocycles. The number of aromatic nitrogens is 4. The van der Waals surface area contributed by atoms with Crippen LogP contribution >= 0.6 is 0 Å². The van der Waals surface area contributed by atoms with E-state index >= 15 is 0 Å². The molecule has 1 aromatic carbocycles. The standard InChI is InChI=1S/C24H36N6O3/c1-7-16(8-2)30-14-26-20-21(25-13-15-12-17(33-6)10-11-18(15)31)28-23(29-22(20)30)27-19(9-3)24(4,5)32/h10-12,14,16,19,31-32H,7-9,13H2,1-6H3,(H2,25,27,28,29). The third-order valence-corrected chi connectivity index (χ3v) is 6.05. The van der Waals surface area contributed by atoms with E-state index in [0.29, 0.717) is 41.6 Å². The number of benzene rings is 1. The largest absolute Gasteiger partial charge is 0.508 e. The second-order valence-corrected chi connectivity index (χ2v) is 8.80. The van der Waals surface area contributed by atoms with Gasteiger partial charge in [0.2, 0.25) is 5.95 Å². The van der Waals surface area contributed by atoms with E-state index in [4.69, 9.17) is 9.72 Å². The summed E-state index contributed by atoms with van der Waals surface area (Å²) in [7, 11) is 1.59. The molecule has 9 heteroatoms. The van der Waals surface area contributed by atoms with Crippen molar-refractivity contribution in [2.45, 2.75) is 78.1 Å². The molecule has 0 aliphatic heterocycles. The molecule has 0 amide bonds. The zero-order chi connectivity index (χ0) is 24.2. The predicted molar refractivity (Wildman–Crippen MR) is 131 cm³/mol. The summed E-state index contributed by atoms with van der Waals surface area (Å²) in [6, 6.07) is 5.14. The number of fused-ring (bicyclic) bond motifs is 1. The number of hydrogen-bond acceptors (Lipinski definition) is 8. The number of imidazole rings is 1. The van der Waals surface area contributed by atoms with Crippen LogP contribution < -0.4 is 15.4 Å². The topological polar surface area (TPSA) is 117 Å². The monoisotopic (exact) mass is 456 g/mol. The van der Waals surface area contributed by atoms with E-state index in [0.717, 1.165) is 18.5 Å². The molecule has 0 spiro atoms. The van der Waals surface area contributed by atoms with Gasteiger partial charge in [0.1, 0.15) is 11.5 Å². The van der Waals surface area contributed by atoms with E-state index in [-0.39, 0.29) is 17.8 Å². The van der Waals surface area contributed by atoms with Gasteiger partial charge < -0.3 is 30.2 Å². The Morgan fingerprint density at radius 3 is 2.45 bits per heavy atom. The molecular weight excluding hydrogens is 420 g/mol. The van der Waals surface area contributed by atoms with Crippen LogP contribution in [-0.4, -0.2) is 48.5 Å². The van der Waals surface area contributed by atoms with E-state index < -0.39 is 5.60 Å². The lowest BCUT2D eigenvalue weighted by atomic mass is 9.97. The van der Waals surface area contributed by atoms with E-state index in [1.165, 1.54) is 0 Å². The van der Waals surface area contributed by atoms with Crippen molar-refractivity contribution in [3.8, 4) is 11.5 Å². The maximum Gasteiger partial charge on any atom is 0.227 e. The Kier molecular flexibility index (Phi) is 7.63. The predicted octanol–water partition coefficient (Wildman–Crippen LogP) is 4.48. The summed E-state index contributed by atoms with van der Waals surface area (Å²) in [4.78, 5) is 14.1. The molecule has 33 heavy (non-hydrogen) atoms. The highest BCUT2D eigenvalue weighted by Gasteiger charge is 2.27. The van der Waals surface area contributed by atoms with Crippen molar-refractivity contribution in [3.63, 3.8) is 0 Å². The van der Waals surface area contributed by atoms with Gasteiger partial charge in [-0.25, -0.2) is 4.98 Å². The van der Waals surface area contributed by atoms with Crippen LogP contribution in [0.3, 0.4) is 0 Å². The third-order valence-electron chi connectivity index (χ3n) is 6.05. The first kappa shape index (κ1) is 24.6. The number of phenols is 1. The van der Waals surface area contributed by atoms with Crippen LogP contribution in [0.5, 0.6) is 11.5 Å². The number of nitrogens with zero attached hydrogens (tertiary/aromatic N) is 4. The van der Waals surface area contributed by atoms with Gasteiger partial charge in [0.05, 0.1) is 25.1 Å². The minimum absolute atomic E-state index is 0.169. The first-order valence-corrected chi connectivity index (χ1v) is 11.5. The number of phenolic OH excluding ortho intramolecular Hbond substituents is 1. The van der Waals surface area contributed by atoms with Crippen molar-refractivity contribution >= 4 is 22.9 Å². The lowest BCUT2D eigenvalue weighted by Gasteiger charge is -2.29. The Hall–Kier alpha value is -3.07. The summed E-state index contributed by atoms with van der Waals surface area (Å²) in [5.41, 5.74) is 1.12. The van der Waals surface area contributed by atoms with Crippen molar-refractivity contribution in [2.24, 2.45) is 0 Å². The Balaban J connectivity index is 2.03. The van der Waals surface area contributed by atoms with Crippen LogP contribution in [-0.2, 0) is 6.54 Å². The molecule has 1 atom stereocenters. The molecular formula is C24H36N6O3. The first-order valence-electron chi connectivity index (χ1n) is 11.5. The van der Waals surface area contributed by atoms with Gasteiger partial charge >= 0.3 is 0 Å². The molecule has 1 unspecified atom stereocenters. The number of aromatic hydroxyl groups is 1. The molecule has 180 valence electrons. The summed E-state index contributed by atoms with van der Waals surface area (Å²) >= 11 is 0. The van der Waals surface area contributed by atoms with Crippen LogP contribution in [0.25, 0.3) is 11.2 Å². The lowest BCUT2D eigenvalue weighted by Crippen LogP contribution is -2.41. The summed E-state index contributed by atoms with van der Waals surface area (Å²) in [6.45, 7) is 10.2. The molecule has 0 fully saturated rings. The molecule has 0 bridgehead atoms. The van der Waals surface area contributed by atoms with Crippen LogP contribution in [0.1, 0.15) is 65.5 Å². The average molecular weight is 457 g/mol. The fourth-order valence-electron chi connectivity index (χ4n) is 4.00. The molecule has 0 saturated carbocycles. The number of rotatable bonds is 11. The highest BCUT2D eigenvalue weighted by atomic mass is 16.5. The number of nitrogens with one attached hydrogen (secondary N) is 2. The van der Waals surface area contributed by atoms with Crippen molar-refractivity contribution < 1.29 is 14.9 Å². The molecule has 4 N–H and O–H groups in total. The average Bonchev–Trinajstić information content (AvgIpc) is 3.20. The maximum absolute atomic E-state index is 10.5. The quantitative estimate of drug-likeness (QED) is 0.334.